The number of hydrogen-bond donors (Lipinski definition) is 24. The normalized spacial score (nSPS) is 38.8. The predicted octanol–water partition coefficient (Wildman–Crippen LogP) is -7.41. The van der Waals surface area contributed by atoms with Crippen LogP contribution in [0.15, 0.2) is 106 Å². The molecular weight excluding hydrogens is 1420 g/mol. The van der Waals surface area contributed by atoms with E-state index < -0.39 is 239 Å². The van der Waals surface area contributed by atoms with E-state index >= 15 is 0 Å². The van der Waals surface area contributed by atoms with Crippen LogP contribution in [0.1, 0.15) is 31.1 Å². The van der Waals surface area contributed by atoms with Gasteiger partial charge in [0.25, 0.3) is 17.7 Å². The molecule has 102 heavy (non-hydrogen) atoms. The molecule has 0 spiro atoms. The molecule has 6 heterocycles. The molecule has 4 aromatic carbocycles. The van der Waals surface area contributed by atoms with Crippen molar-refractivity contribution >= 4 is 70.1 Å². The number of aliphatic hydroxyl groups is 21. The molecule has 3 amide bonds. The molecule has 4 aromatic rings. The first-order valence-corrected chi connectivity index (χ1v) is 34.5. The maximum Gasteiger partial charge on any atom is 0.255 e. The quantitative estimate of drug-likeness (QED) is 0.0310. The summed E-state index contributed by atoms with van der Waals surface area (Å²) in [5.41, 5.74) is -3.88. The van der Waals surface area contributed by atoms with E-state index in [2.05, 4.69) is 16.0 Å². The number of aliphatic hydroxyl groups excluding tert-OH is 21. The summed E-state index contributed by atoms with van der Waals surface area (Å²) >= 11 is 2.69. The molecule has 10 rings (SSSR count). The van der Waals surface area contributed by atoms with Gasteiger partial charge >= 0.3 is 0 Å². The van der Waals surface area contributed by atoms with Crippen LogP contribution in [0.25, 0.3) is 0 Å². The molecule has 24 N–H and O–H groups in total. The van der Waals surface area contributed by atoms with Crippen molar-refractivity contribution in [1.82, 2.24) is 0 Å². The summed E-state index contributed by atoms with van der Waals surface area (Å²) in [6.45, 7) is -4.67. The molecule has 0 bridgehead atoms. The van der Waals surface area contributed by atoms with Crippen molar-refractivity contribution in [2.24, 2.45) is 0 Å². The minimum absolute atomic E-state index is 0.176. The highest BCUT2D eigenvalue weighted by Crippen LogP contribution is 2.41. The second-order valence-corrected chi connectivity index (χ2v) is 28.1. The Kier molecular flexibility index (Phi) is 27.5. The van der Waals surface area contributed by atoms with Crippen molar-refractivity contribution < 1.29 is 164 Å². The van der Waals surface area contributed by atoms with Gasteiger partial charge in [-0.3, -0.25) is 14.4 Å². The standard InChI is InChI=1S/C63H81N3O33S3/c67-16-31-37(73)40(76)46(82)58(91-31)97-52-34(19-70)94-61(49(85)43(52)79)100-28-7-1-25(2-8-28)64-55(88)22-13-23(56(89)65-26-3-9-29(10-4-26)101-62-50(86)44(80)53(35(20-71)95-62)98-59-47(83)41(77)38(74)32(17-68)92-59)15-24(14-22)57(90)66-27-5-11-30(12-6-27)102-63-51(87)45(81)54(36(21-72)96-63)99-60-48(84)42(78)39(75)33(18-69)93-60/h1-15,31-54,58-63,67-87H,16-21H2,(H,64,88)(H,65,89)(H,66,90)/t31-,32-,33-,34-,35-,36-,37-,38-,39-,40+,41+,42+,43-,44-,45-,46-,47-,48-,49-,50-,51-,52-,53-,54-,58+,59+,60+,61+,62+,63+/m1/s1. The SMILES string of the molecule is O=C(Nc1ccc(S[C@@H]2O[C@H](CO)[C@@H](O[C@@H]3O[C@H](CO)[C@@H](O)[C@H](O)[C@H]3O)[C@H](O)[C@H]2O)cc1)c1cc(C(=O)Nc2ccc(S[C@@H]3O[C@H](CO)[C@@H](O[C@@H]4O[C@H](CO)[C@@H](O)[C@H](O)[C@H]4O)[C@H](O)[C@H]3O)cc2)cc(C(=O)Nc2ccc(S[C@@H]3O[C@H](CO)[C@@H](O[C@@H]4O[C@H](CO)[C@@H](O)[C@H](O)[C@H]4O)[C@H](O)[C@H]3O)cc2)c1. The average molecular weight is 1500 g/mol. The fourth-order valence-electron chi connectivity index (χ4n) is 11.8. The molecule has 0 saturated carbocycles. The average Bonchev–Trinajstić information content (AvgIpc) is 0.797. The summed E-state index contributed by atoms with van der Waals surface area (Å²) < 4.78 is 50.8. The zero-order valence-electron chi connectivity index (χ0n) is 53.2. The lowest BCUT2D eigenvalue weighted by atomic mass is 9.97. The first-order chi connectivity index (χ1) is 48.7. The van der Waals surface area contributed by atoms with E-state index in [-0.39, 0.29) is 33.8 Å². The Bertz CT molecular complexity index is 3030. The van der Waals surface area contributed by atoms with Gasteiger partial charge in [0.2, 0.25) is 0 Å². The number of anilines is 3. The molecule has 0 radical (unpaired) electrons. The summed E-state index contributed by atoms with van der Waals surface area (Å²) in [6, 6.07) is 21.4. The first-order valence-electron chi connectivity index (χ1n) is 31.8. The van der Waals surface area contributed by atoms with Crippen molar-refractivity contribution in [3.8, 4) is 0 Å². The van der Waals surface area contributed by atoms with Crippen LogP contribution in [0, 0.1) is 0 Å². The number of benzene rings is 4. The third-order valence-electron chi connectivity index (χ3n) is 17.7. The van der Waals surface area contributed by atoms with Crippen molar-refractivity contribution in [1.29, 1.82) is 0 Å². The molecule has 0 unspecified atom stereocenters. The Balaban J connectivity index is 0.814. The van der Waals surface area contributed by atoms with Crippen molar-refractivity contribution in [3.05, 3.63) is 108 Å². The number of carbonyl (C=O) groups is 3. The van der Waals surface area contributed by atoms with E-state index in [1.165, 1.54) is 91.0 Å². The highest BCUT2D eigenvalue weighted by Gasteiger charge is 2.54. The second-order valence-electron chi connectivity index (χ2n) is 24.6. The predicted molar refractivity (Wildman–Crippen MR) is 346 cm³/mol. The number of amides is 3. The minimum atomic E-state index is -1.87. The van der Waals surface area contributed by atoms with Crippen LogP contribution in [0.5, 0.6) is 0 Å². The second kappa shape index (κ2) is 35.2. The molecule has 564 valence electrons. The number of carbonyl (C=O) groups excluding carboxylic acids is 3. The van der Waals surface area contributed by atoms with Crippen LogP contribution < -0.4 is 16.0 Å². The first kappa shape index (κ1) is 79.7. The number of ether oxygens (including phenoxy) is 9. The van der Waals surface area contributed by atoms with Crippen LogP contribution in [0.3, 0.4) is 0 Å². The van der Waals surface area contributed by atoms with Gasteiger partial charge in [-0.1, -0.05) is 35.3 Å². The third kappa shape index (κ3) is 17.9. The van der Waals surface area contributed by atoms with E-state index in [0.717, 1.165) is 35.3 Å². The molecule has 39 heteroatoms. The van der Waals surface area contributed by atoms with Gasteiger partial charge in [-0.15, -0.1) is 0 Å². The molecular formula is C63H81N3O33S3. The molecule has 30 atom stereocenters. The fourth-order valence-corrected chi connectivity index (χ4v) is 15.0. The van der Waals surface area contributed by atoms with Crippen LogP contribution >= 0.6 is 35.3 Å². The highest BCUT2D eigenvalue weighted by atomic mass is 32.2. The maximum absolute atomic E-state index is 14.2. The van der Waals surface area contributed by atoms with Gasteiger partial charge < -0.3 is 166 Å². The van der Waals surface area contributed by atoms with Gasteiger partial charge in [0, 0.05) is 48.4 Å². The summed E-state index contributed by atoms with van der Waals surface area (Å²) in [5, 5.41) is 228. The van der Waals surface area contributed by atoms with Gasteiger partial charge in [-0.25, -0.2) is 0 Å². The molecule has 36 nitrogen and oxygen atoms in total. The topological polar surface area (TPSA) is 595 Å². The van der Waals surface area contributed by atoms with Crippen LogP contribution in [-0.2, 0) is 42.6 Å². The van der Waals surface area contributed by atoms with Gasteiger partial charge in [0.05, 0.1) is 39.6 Å². The van der Waals surface area contributed by atoms with E-state index in [1.54, 1.807) is 0 Å². The molecule has 6 aliphatic heterocycles. The largest absolute Gasteiger partial charge is 0.394 e. The molecule has 6 aliphatic rings. The van der Waals surface area contributed by atoms with E-state index in [9.17, 15) is 122 Å². The zero-order valence-corrected chi connectivity index (χ0v) is 55.7. The number of thioether (sulfide) groups is 3. The van der Waals surface area contributed by atoms with E-state index in [0.29, 0.717) is 14.7 Å². The molecule has 0 aliphatic carbocycles. The Morgan fingerprint density at radius 2 is 0.520 bits per heavy atom. The maximum atomic E-state index is 14.2. The van der Waals surface area contributed by atoms with Gasteiger partial charge in [0.1, 0.15) is 163 Å². The van der Waals surface area contributed by atoms with E-state index in [1.807, 2.05) is 0 Å². The Morgan fingerprint density at radius 1 is 0.294 bits per heavy atom. The smallest absolute Gasteiger partial charge is 0.255 e. The lowest BCUT2D eigenvalue weighted by Gasteiger charge is -2.46. The number of hydrogen-bond acceptors (Lipinski definition) is 36. The Labute approximate surface area is 591 Å². The summed E-state index contributed by atoms with van der Waals surface area (Å²) in [7, 11) is 0. The lowest BCUT2D eigenvalue weighted by Crippen LogP contribution is -2.64. The van der Waals surface area contributed by atoms with Gasteiger partial charge in [-0.05, 0) is 91.0 Å². The van der Waals surface area contributed by atoms with Crippen molar-refractivity contribution in [2.45, 2.75) is 196 Å². The molecule has 6 fully saturated rings. The summed E-state index contributed by atoms with van der Waals surface area (Å²) in [4.78, 5) is 43.9. The van der Waals surface area contributed by atoms with Crippen LogP contribution in [0.4, 0.5) is 17.1 Å². The monoisotopic (exact) mass is 1500 g/mol. The van der Waals surface area contributed by atoms with Gasteiger partial charge in [-0.2, -0.15) is 0 Å². The van der Waals surface area contributed by atoms with Crippen molar-refractivity contribution in [3.63, 3.8) is 0 Å². The highest BCUT2D eigenvalue weighted by molar-refractivity contribution is 8.00. The minimum Gasteiger partial charge on any atom is -0.394 e. The third-order valence-corrected chi connectivity index (χ3v) is 21.2. The summed E-state index contributed by atoms with van der Waals surface area (Å²) in [5.74, 6) is -2.48. The summed E-state index contributed by atoms with van der Waals surface area (Å²) in [6.07, 6.45) is -44.8. The van der Waals surface area contributed by atoms with Gasteiger partial charge in [0.15, 0.2) is 18.9 Å². The van der Waals surface area contributed by atoms with Crippen LogP contribution in [0.2, 0.25) is 0 Å². The molecule has 6 saturated heterocycles. The lowest BCUT2D eigenvalue weighted by molar-refractivity contribution is -0.338. The Hall–Kier alpha value is -4.86. The van der Waals surface area contributed by atoms with E-state index in [4.69, 9.17) is 42.6 Å². The molecule has 0 aromatic heterocycles. The van der Waals surface area contributed by atoms with Crippen LogP contribution in [-0.4, -0.2) is 346 Å². The zero-order chi connectivity index (χ0) is 73.7. The number of rotatable bonds is 24. The number of nitrogens with one attached hydrogen (secondary N) is 3. The Morgan fingerprint density at radius 3 is 0.735 bits per heavy atom. The fraction of sp³-hybridized carbons (Fsp3) is 0.571. The van der Waals surface area contributed by atoms with Crippen molar-refractivity contribution in [2.75, 3.05) is 55.6 Å².